The maximum absolute atomic E-state index is 11.3. The SMILES string of the molecule is O[P+](O)(O)O.O[P+](O)(O)O.O[P+](O)(O)O.O[P+](O)(O)O.O[P+](O)(O)O.O[P+](O)(O)O.[Fe].[O-][P+](O)(O)O.[O-][P+](O)(O)O.[O]=[Mo]1[O][Mo](=[O])[O][Mo](=[O])([OH])[O][Mo](=[O])([OH])[O][Mo](=[O])[O][Mo](=[O])([OH])[O]1.[O]=[Mo]1[O][Mo](=[O])[O][Mo](=[O])([OH])[O][Mo](=[O])([OH])[O][Mo](=[O])[O][Mo](=[O])([OH])[O]1. The first-order chi connectivity index (χ1) is 34.6. The Morgan fingerprint density at radius 2 is 0.325 bits per heavy atom. The summed E-state index contributed by atoms with van der Waals surface area (Å²) in [6.45, 7) is 0. The van der Waals surface area contributed by atoms with Gasteiger partial charge in [0.2, 0.25) is 0 Å². The second kappa shape index (κ2) is 47.7. The van der Waals surface area contributed by atoms with Crippen LogP contribution in [0.4, 0.5) is 0 Å². The van der Waals surface area contributed by atoms with Crippen molar-refractivity contribution < 1.29 is 473 Å². The molecule has 6 atom stereocenters. The van der Waals surface area contributed by atoms with Gasteiger partial charge in [-0.05, 0) is 0 Å². The molecule has 0 spiro atoms. The molecular weight excluding hydrogens is 2450 g/mol. The Labute approximate surface area is 530 Å². The Morgan fingerprint density at radius 1 is 0.241 bits per heavy atom. The summed E-state index contributed by atoms with van der Waals surface area (Å²) in [5.41, 5.74) is 0. The summed E-state index contributed by atoms with van der Waals surface area (Å²) in [5, 5.41) is 0. The van der Waals surface area contributed by atoms with Gasteiger partial charge in [0.1, 0.15) is 0 Å². The fourth-order valence-electron chi connectivity index (χ4n) is 1.01. The molecule has 0 aromatic rings. The van der Waals surface area contributed by atoms with Crippen molar-refractivity contribution in [3.05, 3.63) is 0 Å². The number of hydrogen-bond donors (Lipinski definition) is 36. The van der Waals surface area contributed by atoms with Crippen LogP contribution in [-0.2, 0) is 294 Å². The van der Waals surface area contributed by atoms with Gasteiger partial charge in [0.05, 0.1) is 0 Å². The minimum absolute atomic E-state index is 0. The van der Waals surface area contributed by atoms with Gasteiger partial charge in [0, 0.05) is 17.1 Å². The molecule has 0 aromatic heterocycles. The van der Waals surface area contributed by atoms with Crippen LogP contribution in [0, 0.1) is 0 Å². The number of rotatable bonds is 0. The molecule has 62 nitrogen and oxygen atoms in total. The van der Waals surface area contributed by atoms with E-state index in [1.165, 1.54) is 0 Å². The van der Waals surface area contributed by atoms with Crippen molar-refractivity contribution >= 4 is 65.4 Å². The molecule has 522 valence electrons. The number of phosphoric acid groups is 2. The van der Waals surface area contributed by atoms with Gasteiger partial charge < -0.3 is 9.79 Å². The fourth-order valence-corrected chi connectivity index (χ4v) is 58.6. The quantitative estimate of drug-likeness (QED) is 0.0791. The van der Waals surface area contributed by atoms with Gasteiger partial charge in [0.15, 0.2) is 0 Å². The van der Waals surface area contributed by atoms with Crippen molar-refractivity contribution in [2.24, 2.45) is 0 Å². The summed E-state index contributed by atoms with van der Waals surface area (Å²) < 4.78 is 235. The third-order valence-electron chi connectivity index (χ3n) is 1.70. The average molecular weight is 2480 g/mol. The molecule has 2 fully saturated rings. The van der Waals surface area contributed by atoms with Crippen molar-refractivity contribution in [3.8, 4) is 0 Å². The zero-order valence-electron chi connectivity index (χ0n) is 35.5. The van der Waals surface area contributed by atoms with E-state index in [9.17, 15) is 40.8 Å². The Hall–Kier alpha value is 7.82. The van der Waals surface area contributed by atoms with Crippen molar-refractivity contribution in [3.63, 3.8) is 0 Å². The number of hydrogen-bond acceptors (Lipinski definition) is 56. The van der Waals surface area contributed by atoms with E-state index < -0.39 is 277 Å². The molecule has 83 heavy (non-hydrogen) atoms. The summed E-state index contributed by atoms with van der Waals surface area (Å²) in [5.74, 6) is 0. The molecule has 2 rings (SSSR count). The Balaban J connectivity index is -0.000000115. The first kappa shape index (κ1) is 109. The molecule has 0 bridgehead atoms. The Bertz CT molecular complexity index is 1930. The van der Waals surface area contributed by atoms with Crippen LogP contribution in [0.1, 0.15) is 0 Å². The van der Waals surface area contributed by atoms with Crippen LogP contribution in [0.15, 0.2) is 0 Å². The van der Waals surface area contributed by atoms with E-state index in [2.05, 4.69) is 24.5 Å². The summed E-state index contributed by atoms with van der Waals surface area (Å²) >= 11 is -66.1. The molecule has 0 radical (unpaired) electrons. The van der Waals surface area contributed by atoms with Crippen LogP contribution < -0.4 is 9.79 Å². The molecule has 2 aliphatic rings. The molecule has 0 aliphatic carbocycles. The molecule has 36 N–H and O–H groups in total. The normalized spacial score (nSPS) is 27.5. The van der Waals surface area contributed by atoms with Crippen molar-refractivity contribution in [1.29, 1.82) is 0 Å². The second-order valence-electron chi connectivity index (χ2n) is 8.85. The zero-order chi connectivity index (χ0) is 68.9. The molecule has 6 unspecified atom stereocenters. The summed E-state index contributed by atoms with van der Waals surface area (Å²) in [4.78, 5) is 236. The summed E-state index contributed by atoms with van der Waals surface area (Å²) in [6.07, 6.45) is 0. The Morgan fingerprint density at radius 3 is 0.446 bits per heavy atom. The molecule has 0 aromatic carbocycles. The van der Waals surface area contributed by atoms with E-state index in [-0.39, 0.29) is 17.1 Å². The molecule has 0 amide bonds. The molecule has 2 saturated heterocycles. The van der Waals surface area contributed by atoms with Gasteiger partial charge in [-0.3, -0.25) is 0 Å². The van der Waals surface area contributed by atoms with Gasteiger partial charge >= 0.3 is 364 Å². The first-order valence-corrected chi connectivity index (χ1v) is 61.1. The van der Waals surface area contributed by atoms with E-state index in [1.54, 1.807) is 0 Å². The second-order valence-corrected chi connectivity index (χ2v) is 63.7. The van der Waals surface area contributed by atoms with Crippen LogP contribution in [0.25, 0.3) is 0 Å². The van der Waals surface area contributed by atoms with E-state index in [4.69, 9.17) is 179 Å². The predicted molar refractivity (Wildman–Crippen MR) is 156 cm³/mol. The Kier molecular flexibility index (Phi) is 63.0. The third kappa shape index (κ3) is 151. The van der Waals surface area contributed by atoms with Crippen LogP contribution >= 0.6 is 65.4 Å². The standard InChI is InChI=1S/Fe.12Mo.6H4O4P.2H3O4P.6H2O.24O/c;;;;;;;;;;;;;8*1-5(2,3)4;;;;;;;;;;;;;;;;;;;;;;;;;;;;;;/h;;;;;;;;;;;;;6*1-4H;2*(H3,1,2,3,4);6*1H2;;;;;;;;;;;;;;;;;;;;;;;;/q;;;;;;;12*+1;;;;;;;;;;;;;;;;;;;;;;;;;;;;;;;;/p-6. The zero-order valence-corrected chi connectivity index (χ0v) is 67.9. The minimum atomic E-state index is -6.37. The summed E-state index contributed by atoms with van der Waals surface area (Å²) in [6, 6.07) is 0. The van der Waals surface area contributed by atoms with E-state index in [0.29, 0.717) is 0 Å². The van der Waals surface area contributed by atoms with Gasteiger partial charge in [-0.25, -0.2) is 0 Å². The van der Waals surface area contributed by atoms with Crippen molar-refractivity contribution in [2.45, 2.75) is 0 Å². The maximum atomic E-state index is 11.3. The van der Waals surface area contributed by atoms with E-state index in [1.807, 2.05) is 0 Å². The van der Waals surface area contributed by atoms with Crippen LogP contribution in [0.3, 0.4) is 0 Å². The third-order valence-corrected chi connectivity index (χ3v) is 59.4. The average Bonchev–Trinajstić information content (AvgIpc) is 2.93. The van der Waals surface area contributed by atoms with Crippen molar-refractivity contribution in [2.75, 3.05) is 0 Å². The van der Waals surface area contributed by atoms with Gasteiger partial charge in [-0.1, -0.05) is 0 Å². The van der Waals surface area contributed by atoms with Crippen molar-refractivity contribution in [1.82, 2.24) is 0 Å². The van der Waals surface area contributed by atoms with Crippen LogP contribution in [0.2, 0.25) is 0 Å². The van der Waals surface area contributed by atoms with Crippen LogP contribution in [0.5, 0.6) is 0 Å². The molecule has 2 aliphatic heterocycles. The monoisotopic (exact) mass is 2510 g/mol. The van der Waals surface area contributed by atoms with E-state index in [0.717, 1.165) is 0 Å². The fraction of sp³-hybridized carbons (Fsp3) is 0. The molecule has 83 heteroatoms. The first-order valence-electron chi connectivity index (χ1n) is 13.5. The molecular formula is H36FeMo12O62P8+6. The molecule has 0 saturated carbocycles. The van der Waals surface area contributed by atoms with E-state index >= 15 is 0 Å². The predicted octanol–water partition coefficient (Wildman–Crippen LogP) is -17.8. The van der Waals surface area contributed by atoms with Gasteiger partial charge in [-0.15, -0.1) is 0 Å². The molecule has 2 heterocycles. The van der Waals surface area contributed by atoms with Gasteiger partial charge in [0.25, 0.3) is 0 Å². The van der Waals surface area contributed by atoms with Crippen LogP contribution in [-0.4, -0.2) is 169 Å². The topological polar surface area (TPSA) is 1090 Å². The van der Waals surface area contributed by atoms with Gasteiger partial charge in [-0.2, -0.15) is 147 Å². The summed E-state index contributed by atoms with van der Waals surface area (Å²) in [7, 11) is -35.6.